The zero-order valence-electron chi connectivity index (χ0n) is 15.3. The van der Waals surface area contributed by atoms with Crippen LogP contribution in [-0.4, -0.2) is 25.6 Å². The molecule has 0 aromatic heterocycles. The van der Waals surface area contributed by atoms with Crippen molar-refractivity contribution in [1.82, 2.24) is 10.6 Å². The number of ether oxygens (including phenoxy) is 1. The quantitative estimate of drug-likeness (QED) is 0.780. The standard InChI is InChI=1S/C21H26F2N2O/c1-21(22,23)13-15-8-9-19(26-2)17(12-15)14-25-18-10-11-24-20(18)16-6-4-3-5-7-16/h3-9,12,18,20,24-25H,10-11,13-14H2,1-2H3/t18-,20-/m0/s1. The van der Waals surface area contributed by atoms with E-state index in [0.717, 1.165) is 31.2 Å². The Hall–Kier alpha value is -1.98. The summed E-state index contributed by atoms with van der Waals surface area (Å²) in [5, 5.41) is 7.12. The highest BCUT2D eigenvalue weighted by atomic mass is 19.3. The lowest BCUT2D eigenvalue weighted by atomic mass is 10.00. The number of alkyl halides is 2. The summed E-state index contributed by atoms with van der Waals surface area (Å²) in [7, 11) is 1.61. The molecular weight excluding hydrogens is 334 g/mol. The Bertz CT molecular complexity index is 716. The van der Waals surface area contributed by atoms with E-state index in [1.54, 1.807) is 19.2 Å². The SMILES string of the molecule is COc1ccc(CC(C)(F)F)cc1CN[C@H]1CCN[C@H]1c1ccccc1. The summed E-state index contributed by atoms with van der Waals surface area (Å²) in [5.74, 6) is -1.99. The van der Waals surface area contributed by atoms with Gasteiger partial charge in [0.2, 0.25) is 5.92 Å². The molecule has 0 aliphatic carbocycles. The Labute approximate surface area is 153 Å². The first-order valence-corrected chi connectivity index (χ1v) is 9.01. The minimum absolute atomic E-state index is 0.255. The molecule has 1 aliphatic rings. The van der Waals surface area contributed by atoms with Crippen molar-refractivity contribution in [2.24, 2.45) is 0 Å². The van der Waals surface area contributed by atoms with Crippen molar-refractivity contribution < 1.29 is 13.5 Å². The molecule has 0 unspecified atom stereocenters. The minimum Gasteiger partial charge on any atom is -0.496 e. The maximum Gasteiger partial charge on any atom is 0.249 e. The predicted octanol–water partition coefficient (Wildman–Crippen LogP) is 4.09. The van der Waals surface area contributed by atoms with Gasteiger partial charge in [-0.2, -0.15) is 0 Å². The second kappa shape index (κ2) is 8.14. The van der Waals surface area contributed by atoms with Crippen LogP contribution in [-0.2, 0) is 13.0 Å². The highest BCUT2D eigenvalue weighted by Crippen LogP contribution is 2.27. The van der Waals surface area contributed by atoms with Gasteiger partial charge in [-0.15, -0.1) is 0 Å². The van der Waals surface area contributed by atoms with E-state index in [1.807, 2.05) is 24.3 Å². The van der Waals surface area contributed by atoms with Crippen molar-refractivity contribution in [3.63, 3.8) is 0 Å². The summed E-state index contributed by atoms with van der Waals surface area (Å²) in [6.07, 6.45) is 0.760. The second-order valence-corrected chi connectivity index (χ2v) is 7.01. The van der Waals surface area contributed by atoms with Crippen LogP contribution in [0, 0.1) is 0 Å². The van der Waals surface area contributed by atoms with Crippen LogP contribution in [0.4, 0.5) is 8.78 Å². The maximum atomic E-state index is 13.3. The molecule has 2 atom stereocenters. The summed E-state index contributed by atoms with van der Waals surface area (Å²) in [5.41, 5.74) is 2.79. The number of benzene rings is 2. The van der Waals surface area contributed by atoms with Crippen molar-refractivity contribution in [2.45, 2.75) is 44.3 Å². The molecule has 0 bridgehead atoms. The van der Waals surface area contributed by atoms with Gasteiger partial charge >= 0.3 is 0 Å². The summed E-state index contributed by atoms with van der Waals surface area (Å²) in [6, 6.07) is 16.2. The third-order valence-electron chi connectivity index (χ3n) is 4.79. The topological polar surface area (TPSA) is 33.3 Å². The average Bonchev–Trinajstić information content (AvgIpc) is 3.08. The Balaban J connectivity index is 1.71. The molecule has 1 heterocycles. The van der Waals surface area contributed by atoms with Crippen LogP contribution in [0.5, 0.6) is 5.75 Å². The van der Waals surface area contributed by atoms with Crippen molar-refractivity contribution in [1.29, 1.82) is 0 Å². The molecule has 1 fully saturated rings. The molecule has 1 aliphatic heterocycles. The van der Waals surface area contributed by atoms with E-state index >= 15 is 0 Å². The van der Waals surface area contributed by atoms with E-state index in [0.29, 0.717) is 18.2 Å². The first kappa shape index (κ1) is 18.8. The van der Waals surface area contributed by atoms with Gasteiger partial charge < -0.3 is 15.4 Å². The van der Waals surface area contributed by atoms with Crippen LogP contribution < -0.4 is 15.4 Å². The number of hydrogen-bond donors (Lipinski definition) is 2. The lowest BCUT2D eigenvalue weighted by Gasteiger charge is -2.22. The van der Waals surface area contributed by atoms with Crippen LogP contribution in [0.1, 0.15) is 36.1 Å². The second-order valence-electron chi connectivity index (χ2n) is 7.01. The van der Waals surface area contributed by atoms with Crippen LogP contribution in [0.15, 0.2) is 48.5 Å². The van der Waals surface area contributed by atoms with Crippen molar-refractivity contribution >= 4 is 0 Å². The van der Waals surface area contributed by atoms with Gasteiger partial charge in [0.1, 0.15) is 5.75 Å². The van der Waals surface area contributed by atoms with Gasteiger partial charge in [0, 0.05) is 30.6 Å². The van der Waals surface area contributed by atoms with Gasteiger partial charge in [0.25, 0.3) is 0 Å². The van der Waals surface area contributed by atoms with E-state index in [4.69, 9.17) is 4.74 Å². The first-order chi connectivity index (χ1) is 12.5. The molecule has 1 saturated heterocycles. The zero-order chi connectivity index (χ0) is 18.6. The summed E-state index contributed by atoms with van der Waals surface area (Å²) >= 11 is 0. The Morgan fingerprint density at radius 3 is 2.65 bits per heavy atom. The monoisotopic (exact) mass is 360 g/mol. The molecule has 3 rings (SSSR count). The Kier molecular flexibility index (Phi) is 5.89. The summed E-state index contributed by atoms with van der Waals surface area (Å²) in [4.78, 5) is 0. The lowest BCUT2D eigenvalue weighted by Crippen LogP contribution is -2.34. The fourth-order valence-electron chi connectivity index (χ4n) is 3.61. The van der Waals surface area contributed by atoms with Crippen LogP contribution in [0.25, 0.3) is 0 Å². The van der Waals surface area contributed by atoms with Crippen molar-refractivity contribution in [3.8, 4) is 5.75 Å². The van der Waals surface area contributed by atoms with Gasteiger partial charge in [0.05, 0.1) is 7.11 Å². The average molecular weight is 360 g/mol. The molecule has 26 heavy (non-hydrogen) atoms. The van der Waals surface area contributed by atoms with E-state index in [1.165, 1.54) is 5.56 Å². The molecule has 2 N–H and O–H groups in total. The number of nitrogens with one attached hydrogen (secondary N) is 2. The molecule has 0 spiro atoms. The predicted molar refractivity (Wildman–Crippen MR) is 99.7 cm³/mol. The van der Waals surface area contributed by atoms with Crippen molar-refractivity contribution in [3.05, 3.63) is 65.2 Å². The van der Waals surface area contributed by atoms with Gasteiger partial charge in [0.15, 0.2) is 0 Å². The normalized spacial score (nSPS) is 20.3. The van der Waals surface area contributed by atoms with Crippen LogP contribution in [0.2, 0.25) is 0 Å². The summed E-state index contributed by atoms with van der Waals surface area (Å²) in [6.45, 7) is 2.49. The maximum absolute atomic E-state index is 13.3. The third kappa shape index (κ3) is 4.80. The summed E-state index contributed by atoms with van der Waals surface area (Å²) < 4.78 is 32.1. The van der Waals surface area contributed by atoms with Gasteiger partial charge in [-0.1, -0.05) is 42.5 Å². The molecule has 5 heteroatoms. The van der Waals surface area contributed by atoms with Crippen molar-refractivity contribution in [2.75, 3.05) is 13.7 Å². The van der Waals surface area contributed by atoms with E-state index in [-0.39, 0.29) is 12.5 Å². The third-order valence-corrected chi connectivity index (χ3v) is 4.79. The number of halogens is 2. The highest BCUT2D eigenvalue weighted by molar-refractivity contribution is 5.38. The van der Waals surface area contributed by atoms with E-state index in [2.05, 4.69) is 22.8 Å². The number of hydrogen-bond acceptors (Lipinski definition) is 3. The van der Waals surface area contributed by atoms with Crippen LogP contribution in [0.3, 0.4) is 0 Å². The molecule has 2 aromatic carbocycles. The smallest absolute Gasteiger partial charge is 0.249 e. The fraction of sp³-hybridized carbons (Fsp3) is 0.429. The highest BCUT2D eigenvalue weighted by Gasteiger charge is 2.28. The lowest BCUT2D eigenvalue weighted by molar-refractivity contribution is 0.0226. The molecule has 0 radical (unpaired) electrons. The fourth-order valence-corrected chi connectivity index (χ4v) is 3.61. The largest absolute Gasteiger partial charge is 0.496 e. The molecule has 2 aromatic rings. The number of methoxy groups -OCH3 is 1. The molecule has 140 valence electrons. The van der Waals surface area contributed by atoms with Gasteiger partial charge in [-0.05, 0) is 37.1 Å². The molecular formula is C21H26F2N2O. The van der Waals surface area contributed by atoms with Gasteiger partial charge in [-0.25, -0.2) is 8.78 Å². The van der Waals surface area contributed by atoms with Crippen LogP contribution >= 0.6 is 0 Å². The molecule has 0 amide bonds. The molecule has 0 saturated carbocycles. The zero-order valence-corrected chi connectivity index (χ0v) is 15.3. The Morgan fingerprint density at radius 2 is 1.96 bits per heavy atom. The van der Waals surface area contributed by atoms with E-state index < -0.39 is 5.92 Å². The van der Waals surface area contributed by atoms with Gasteiger partial charge in [-0.3, -0.25) is 0 Å². The van der Waals surface area contributed by atoms with E-state index in [9.17, 15) is 8.78 Å². The first-order valence-electron chi connectivity index (χ1n) is 9.01. The number of rotatable bonds is 7. The molecule has 3 nitrogen and oxygen atoms in total. The minimum atomic E-state index is -2.72. The Morgan fingerprint density at radius 1 is 1.19 bits per heavy atom.